The van der Waals surface area contributed by atoms with Gasteiger partial charge in [-0.3, -0.25) is 10.1 Å². The summed E-state index contributed by atoms with van der Waals surface area (Å²) in [5, 5.41) is 3.19. The highest BCUT2D eigenvalue weighted by Crippen LogP contribution is 2.18. The van der Waals surface area contributed by atoms with E-state index in [1.807, 2.05) is 0 Å². The molecule has 0 radical (unpaired) electrons. The molecule has 1 heterocycles. The largest absolute Gasteiger partial charge is 0.352 e. The maximum absolute atomic E-state index is 10.8. The summed E-state index contributed by atoms with van der Waals surface area (Å²) in [7, 11) is 1.62. The Balaban J connectivity index is 1.88. The van der Waals surface area contributed by atoms with Crippen molar-refractivity contribution in [3.63, 3.8) is 0 Å². The van der Waals surface area contributed by atoms with Gasteiger partial charge in [0.25, 0.3) is 0 Å². The minimum atomic E-state index is -0.297. The summed E-state index contributed by atoms with van der Waals surface area (Å²) in [6, 6.07) is -0.297. The molecule has 0 spiro atoms. The van der Waals surface area contributed by atoms with E-state index in [0.717, 1.165) is 25.8 Å². The predicted molar refractivity (Wildman–Crippen MR) is 56.2 cm³/mol. The molecule has 0 bridgehead atoms. The van der Waals surface area contributed by atoms with Gasteiger partial charge in [0.15, 0.2) is 12.5 Å². The van der Waals surface area contributed by atoms with Gasteiger partial charge < -0.3 is 15.2 Å². The first-order chi connectivity index (χ1) is 7.15. The second-order valence-electron chi connectivity index (χ2n) is 3.83. The molecule has 1 fully saturated rings. The van der Waals surface area contributed by atoms with Gasteiger partial charge in [0.1, 0.15) is 5.78 Å². The van der Waals surface area contributed by atoms with Crippen molar-refractivity contribution in [3.8, 4) is 0 Å². The molecule has 1 rings (SSSR count). The first-order valence-electron chi connectivity index (χ1n) is 5.33. The Hall–Kier alpha value is -0.490. The summed E-state index contributed by atoms with van der Waals surface area (Å²) in [6.07, 6.45) is 2.69. The third-order valence-corrected chi connectivity index (χ3v) is 2.49. The van der Waals surface area contributed by atoms with Crippen LogP contribution in [0.25, 0.3) is 0 Å². The van der Waals surface area contributed by atoms with Crippen LogP contribution in [-0.4, -0.2) is 38.0 Å². The van der Waals surface area contributed by atoms with E-state index in [2.05, 4.69) is 5.32 Å². The molecule has 0 saturated carbocycles. The molecule has 0 aliphatic carbocycles. The molecule has 1 aliphatic heterocycles. The summed E-state index contributed by atoms with van der Waals surface area (Å²) < 4.78 is 10.1. The summed E-state index contributed by atoms with van der Waals surface area (Å²) in [6.45, 7) is 2.40. The van der Waals surface area contributed by atoms with Gasteiger partial charge in [0.2, 0.25) is 0 Å². The number of nitrogens with one attached hydrogen (secondary N) is 1. The molecular weight excluding hydrogens is 196 g/mol. The summed E-state index contributed by atoms with van der Waals surface area (Å²) in [5.74, 6) is 0.0629. The van der Waals surface area contributed by atoms with Crippen molar-refractivity contribution in [3.05, 3.63) is 0 Å². The van der Waals surface area contributed by atoms with E-state index >= 15 is 0 Å². The first-order valence-corrected chi connectivity index (χ1v) is 5.33. The number of nitrogens with two attached hydrogens (primary N) is 1. The Bertz CT molecular complexity index is 211. The number of hydrogen-bond acceptors (Lipinski definition) is 5. The number of rotatable bonds is 8. The van der Waals surface area contributed by atoms with Gasteiger partial charge in [0.05, 0.1) is 6.04 Å². The van der Waals surface area contributed by atoms with E-state index in [9.17, 15) is 4.79 Å². The number of epoxide rings is 1. The van der Waals surface area contributed by atoms with E-state index < -0.39 is 0 Å². The number of carbonyl (C=O) groups is 1. The van der Waals surface area contributed by atoms with Crippen LogP contribution in [0.5, 0.6) is 0 Å². The van der Waals surface area contributed by atoms with E-state index in [4.69, 9.17) is 15.2 Å². The van der Waals surface area contributed by atoms with Crippen molar-refractivity contribution in [1.29, 1.82) is 0 Å². The predicted octanol–water partition coefficient (Wildman–Crippen LogP) is -0.00860. The smallest absolute Gasteiger partial charge is 0.199 e. The molecule has 3 unspecified atom stereocenters. The van der Waals surface area contributed by atoms with Crippen molar-refractivity contribution < 1.29 is 14.3 Å². The average molecular weight is 216 g/mol. The molecule has 3 N–H and O–H groups in total. The standard InChI is InChI=1S/C10H20N2O3/c1-7(13)8(11)5-3-4-6-12-9-10(14-2)15-9/h8-10,12H,3-6,11H2,1-2H3. The number of hydrogen-bond donors (Lipinski definition) is 2. The Labute approximate surface area is 90.3 Å². The minimum absolute atomic E-state index is 0.0523. The van der Waals surface area contributed by atoms with Gasteiger partial charge >= 0.3 is 0 Å². The highest BCUT2D eigenvalue weighted by Gasteiger charge is 2.38. The van der Waals surface area contributed by atoms with Crippen molar-refractivity contribution in [2.24, 2.45) is 5.73 Å². The van der Waals surface area contributed by atoms with E-state index in [1.165, 1.54) is 6.92 Å². The highest BCUT2D eigenvalue weighted by molar-refractivity contribution is 5.80. The lowest BCUT2D eigenvalue weighted by Gasteiger charge is -2.06. The fourth-order valence-corrected chi connectivity index (χ4v) is 1.36. The molecule has 1 saturated heterocycles. The molecule has 5 nitrogen and oxygen atoms in total. The van der Waals surface area contributed by atoms with Crippen LogP contribution in [0.1, 0.15) is 26.2 Å². The Kier molecular flexibility index (Phi) is 5.17. The number of Topliss-reactive ketones (excluding diaryl/α,β-unsaturated/α-hetero) is 1. The van der Waals surface area contributed by atoms with Crippen LogP contribution in [0.3, 0.4) is 0 Å². The van der Waals surface area contributed by atoms with Crippen LogP contribution in [0.2, 0.25) is 0 Å². The second kappa shape index (κ2) is 6.17. The van der Waals surface area contributed by atoms with Crippen molar-refractivity contribution in [2.45, 2.75) is 44.7 Å². The van der Waals surface area contributed by atoms with Gasteiger partial charge in [-0.15, -0.1) is 0 Å². The fraction of sp³-hybridized carbons (Fsp3) is 0.900. The third kappa shape index (κ3) is 4.70. The summed E-state index contributed by atoms with van der Waals surface area (Å²) >= 11 is 0. The van der Waals surface area contributed by atoms with Crippen LogP contribution < -0.4 is 11.1 Å². The van der Waals surface area contributed by atoms with Crippen molar-refractivity contribution in [1.82, 2.24) is 5.32 Å². The lowest BCUT2D eigenvalue weighted by atomic mass is 10.1. The van der Waals surface area contributed by atoms with Gasteiger partial charge in [-0.05, 0) is 26.3 Å². The van der Waals surface area contributed by atoms with E-state index in [1.54, 1.807) is 7.11 Å². The molecule has 15 heavy (non-hydrogen) atoms. The number of ketones is 1. The zero-order chi connectivity index (χ0) is 11.3. The summed E-state index contributed by atoms with van der Waals surface area (Å²) in [5.41, 5.74) is 5.60. The monoisotopic (exact) mass is 216 g/mol. The average Bonchev–Trinajstić information content (AvgIpc) is 2.95. The molecule has 0 aromatic carbocycles. The Morgan fingerprint density at radius 2 is 2.33 bits per heavy atom. The quantitative estimate of drug-likeness (QED) is 0.441. The number of methoxy groups -OCH3 is 1. The van der Waals surface area contributed by atoms with Crippen LogP contribution >= 0.6 is 0 Å². The third-order valence-electron chi connectivity index (χ3n) is 2.49. The fourth-order valence-electron chi connectivity index (χ4n) is 1.36. The number of ether oxygens (including phenoxy) is 2. The van der Waals surface area contributed by atoms with Gasteiger partial charge in [-0.1, -0.05) is 6.42 Å². The van der Waals surface area contributed by atoms with Crippen LogP contribution in [0.4, 0.5) is 0 Å². The van der Waals surface area contributed by atoms with Gasteiger partial charge in [-0.2, -0.15) is 0 Å². The maximum Gasteiger partial charge on any atom is 0.199 e. The normalized spacial score (nSPS) is 26.3. The molecule has 1 aliphatic rings. The van der Waals surface area contributed by atoms with Gasteiger partial charge in [-0.25, -0.2) is 0 Å². The van der Waals surface area contributed by atoms with E-state index in [0.29, 0.717) is 0 Å². The van der Waals surface area contributed by atoms with Crippen molar-refractivity contribution >= 4 is 5.78 Å². The van der Waals surface area contributed by atoms with E-state index in [-0.39, 0.29) is 24.3 Å². The molecular formula is C10H20N2O3. The highest BCUT2D eigenvalue weighted by atomic mass is 16.8. The SMILES string of the molecule is COC1OC1NCCCCC(N)C(C)=O. The molecule has 0 amide bonds. The van der Waals surface area contributed by atoms with Gasteiger partial charge in [0, 0.05) is 7.11 Å². The topological polar surface area (TPSA) is 76.9 Å². The zero-order valence-corrected chi connectivity index (χ0v) is 9.36. The first kappa shape index (κ1) is 12.6. The summed E-state index contributed by atoms with van der Waals surface area (Å²) in [4.78, 5) is 10.8. The second-order valence-corrected chi connectivity index (χ2v) is 3.83. The zero-order valence-electron chi connectivity index (χ0n) is 9.36. The van der Waals surface area contributed by atoms with Crippen LogP contribution in [0, 0.1) is 0 Å². The lowest BCUT2D eigenvalue weighted by molar-refractivity contribution is -0.118. The lowest BCUT2D eigenvalue weighted by Crippen LogP contribution is -2.28. The maximum atomic E-state index is 10.8. The molecule has 5 heteroatoms. The molecule has 88 valence electrons. The number of unbranched alkanes of at least 4 members (excludes halogenated alkanes) is 1. The molecule has 0 aromatic heterocycles. The Morgan fingerprint density at radius 1 is 1.60 bits per heavy atom. The van der Waals surface area contributed by atoms with Crippen LogP contribution in [0.15, 0.2) is 0 Å². The number of carbonyl (C=O) groups excluding carboxylic acids is 1. The van der Waals surface area contributed by atoms with Crippen molar-refractivity contribution in [2.75, 3.05) is 13.7 Å². The van der Waals surface area contributed by atoms with Crippen LogP contribution in [-0.2, 0) is 14.3 Å². The minimum Gasteiger partial charge on any atom is -0.352 e. The molecule has 0 aromatic rings. The Morgan fingerprint density at radius 3 is 2.87 bits per heavy atom. The molecule has 3 atom stereocenters.